The molecule has 9 heteroatoms. The van der Waals surface area contributed by atoms with Crippen molar-refractivity contribution in [3.05, 3.63) is 97.2 Å². The Morgan fingerprint density at radius 3 is 1.46 bits per heavy atom. The summed E-state index contributed by atoms with van der Waals surface area (Å²) in [5.41, 5.74) is 0. The van der Waals surface area contributed by atoms with Crippen LogP contribution in [0.4, 0.5) is 0 Å². The number of aliphatic hydroxyl groups excluding tert-OH is 5. The van der Waals surface area contributed by atoms with Crippen LogP contribution in [-0.4, -0.2) is 87.5 Å². The van der Waals surface area contributed by atoms with E-state index in [9.17, 15) is 30.3 Å². The summed E-state index contributed by atoms with van der Waals surface area (Å²) in [7, 11) is 0. The number of carbonyl (C=O) groups excluding carboxylic acids is 1. The number of nitrogens with one attached hydrogen (secondary N) is 1. The van der Waals surface area contributed by atoms with Crippen LogP contribution in [0.5, 0.6) is 0 Å². The van der Waals surface area contributed by atoms with E-state index < -0.39 is 49.5 Å². The van der Waals surface area contributed by atoms with Gasteiger partial charge in [-0.1, -0.05) is 214 Å². The van der Waals surface area contributed by atoms with Crippen LogP contribution in [0.2, 0.25) is 0 Å². The maximum absolute atomic E-state index is 13.0. The average Bonchev–Trinajstić information content (AvgIpc) is 3.31. The first kappa shape index (κ1) is 60.1. The van der Waals surface area contributed by atoms with Crippen LogP contribution in [0.15, 0.2) is 97.2 Å². The number of unbranched alkanes of at least 4 members (excludes halogenated alkanes) is 18. The molecule has 0 spiro atoms. The van der Waals surface area contributed by atoms with Gasteiger partial charge in [-0.25, -0.2) is 0 Å². The van der Waals surface area contributed by atoms with Crippen LogP contribution in [0.1, 0.15) is 194 Å². The Kier molecular flexibility index (Phi) is 41.6. The van der Waals surface area contributed by atoms with Gasteiger partial charge in [0.15, 0.2) is 6.29 Å². The van der Waals surface area contributed by atoms with E-state index in [1.165, 1.54) is 109 Å². The highest BCUT2D eigenvalue weighted by molar-refractivity contribution is 5.76. The summed E-state index contributed by atoms with van der Waals surface area (Å²) in [6.07, 6.45) is 57.6. The quantitative estimate of drug-likeness (QED) is 0.0262. The van der Waals surface area contributed by atoms with E-state index in [2.05, 4.69) is 92.1 Å². The second kappa shape index (κ2) is 44.9. The topological polar surface area (TPSA) is 149 Å². The highest BCUT2D eigenvalue weighted by atomic mass is 16.7. The molecule has 0 radical (unpaired) electrons. The summed E-state index contributed by atoms with van der Waals surface area (Å²) < 4.78 is 11.2. The predicted octanol–water partition coefficient (Wildman–Crippen LogP) is 12.1. The summed E-state index contributed by atoms with van der Waals surface area (Å²) in [5, 5.41) is 54.3. The van der Waals surface area contributed by atoms with Gasteiger partial charge in [0.25, 0.3) is 0 Å². The van der Waals surface area contributed by atoms with Gasteiger partial charge in [-0.3, -0.25) is 4.79 Å². The number of aliphatic hydroxyl groups is 5. The molecule has 0 aliphatic carbocycles. The number of hydrogen-bond donors (Lipinski definition) is 6. The van der Waals surface area contributed by atoms with E-state index in [0.29, 0.717) is 6.42 Å². The molecule has 9 nitrogen and oxygen atoms in total. The number of hydrogen-bond acceptors (Lipinski definition) is 8. The fraction of sp³-hybridized carbons (Fsp3) is 0.696. The minimum atomic E-state index is -1.59. The lowest BCUT2D eigenvalue weighted by Gasteiger charge is -2.40. The maximum Gasteiger partial charge on any atom is 0.220 e. The van der Waals surface area contributed by atoms with Crippen molar-refractivity contribution in [2.24, 2.45) is 0 Å². The zero-order chi connectivity index (χ0) is 47.3. The molecule has 65 heavy (non-hydrogen) atoms. The highest BCUT2D eigenvalue weighted by Crippen LogP contribution is 2.22. The van der Waals surface area contributed by atoms with Gasteiger partial charge in [0.05, 0.1) is 25.4 Å². The van der Waals surface area contributed by atoms with Gasteiger partial charge in [-0.05, 0) is 70.6 Å². The van der Waals surface area contributed by atoms with Crippen molar-refractivity contribution in [2.75, 3.05) is 13.2 Å². The van der Waals surface area contributed by atoms with Gasteiger partial charge >= 0.3 is 0 Å². The molecule has 7 unspecified atom stereocenters. The summed E-state index contributed by atoms with van der Waals surface area (Å²) in [5.74, 6) is -0.272. The van der Waals surface area contributed by atoms with Crippen molar-refractivity contribution in [1.29, 1.82) is 0 Å². The van der Waals surface area contributed by atoms with Crippen LogP contribution < -0.4 is 5.32 Å². The summed E-state index contributed by atoms with van der Waals surface area (Å²) in [6, 6.07) is -0.869. The third-order valence-corrected chi connectivity index (χ3v) is 11.7. The molecule has 0 bridgehead atoms. The molecule has 6 N–H and O–H groups in total. The molecule has 1 aliphatic heterocycles. The lowest BCUT2D eigenvalue weighted by molar-refractivity contribution is -0.302. The minimum absolute atomic E-state index is 0.208. The van der Waals surface area contributed by atoms with E-state index in [1.54, 1.807) is 6.08 Å². The first-order valence-corrected chi connectivity index (χ1v) is 26.0. The molecule has 1 fully saturated rings. The predicted molar refractivity (Wildman–Crippen MR) is 271 cm³/mol. The van der Waals surface area contributed by atoms with Gasteiger partial charge in [0.1, 0.15) is 24.4 Å². The first-order valence-electron chi connectivity index (χ1n) is 26.0. The fourth-order valence-corrected chi connectivity index (χ4v) is 7.55. The van der Waals surface area contributed by atoms with E-state index in [0.717, 1.165) is 57.8 Å². The van der Waals surface area contributed by atoms with Crippen LogP contribution in [0.3, 0.4) is 0 Å². The van der Waals surface area contributed by atoms with E-state index in [-0.39, 0.29) is 18.9 Å². The average molecular weight is 910 g/mol. The Labute approximate surface area is 396 Å². The van der Waals surface area contributed by atoms with Crippen molar-refractivity contribution in [3.63, 3.8) is 0 Å². The Bertz CT molecular complexity index is 1330. The third-order valence-electron chi connectivity index (χ3n) is 11.7. The number of amides is 1. The smallest absolute Gasteiger partial charge is 0.220 e. The van der Waals surface area contributed by atoms with Crippen LogP contribution in [0.25, 0.3) is 0 Å². The normalized spacial score (nSPS) is 20.8. The third kappa shape index (κ3) is 35.0. The molecule has 1 saturated heterocycles. The second-order valence-electron chi connectivity index (χ2n) is 17.6. The molecule has 0 aromatic rings. The number of carbonyl (C=O) groups is 1. The summed E-state index contributed by atoms with van der Waals surface area (Å²) >= 11 is 0. The van der Waals surface area contributed by atoms with Crippen LogP contribution in [-0.2, 0) is 14.3 Å². The van der Waals surface area contributed by atoms with Crippen LogP contribution >= 0.6 is 0 Å². The summed E-state index contributed by atoms with van der Waals surface area (Å²) in [4.78, 5) is 13.0. The van der Waals surface area contributed by atoms with Gasteiger partial charge in [0, 0.05) is 6.42 Å². The summed E-state index contributed by atoms with van der Waals surface area (Å²) in [6.45, 7) is 3.60. The molecule has 1 amide bonds. The standard InChI is InChI=1S/C56H95NO8/c1-3-5-7-9-11-13-15-17-19-21-23-24-25-26-28-29-31-33-35-37-39-41-43-45-50(59)49(48-64-56-55(63)54(62)53(61)51(47-58)65-56)57-52(60)46-44-42-40-38-36-34-32-30-27-22-20-18-16-14-12-10-8-6-4-2/h6,8,12,14,18,20,27,30,34-37,40,42-43,45,49-51,53-56,58-59,61-63H,3-5,7,9-11,13,15-17,19,21-26,28-29,31-33,38-39,41,44,46-48H2,1-2H3,(H,57,60)/b8-6-,14-12-,20-18-,30-27-,36-34-,37-35+,42-40-,45-43+. The van der Waals surface area contributed by atoms with E-state index in [4.69, 9.17) is 9.47 Å². The van der Waals surface area contributed by atoms with Crippen molar-refractivity contribution >= 4 is 5.91 Å². The SMILES string of the molecule is CC/C=C\C/C=C\C/C=C\C/C=C\C/C=C\C/C=C\CCC(=O)NC(COC1OC(CO)C(O)C(O)C1O)C(O)/C=C/CC/C=C/CCCCCCCCCCCCCCCCCCC. The molecular formula is C56H95NO8. The molecule has 7 atom stereocenters. The zero-order valence-corrected chi connectivity index (χ0v) is 41.0. The zero-order valence-electron chi connectivity index (χ0n) is 41.0. The number of allylic oxidation sites excluding steroid dienone is 15. The highest BCUT2D eigenvalue weighted by Gasteiger charge is 2.44. The Morgan fingerprint density at radius 2 is 0.969 bits per heavy atom. The van der Waals surface area contributed by atoms with Crippen molar-refractivity contribution < 1.29 is 39.8 Å². The van der Waals surface area contributed by atoms with Crippen molar-refractivity contribution in [2.45, 2.75) is 236 Å². The lowest BCUT2D eigenvalue weighted by Crippen LogP contribution is -2.60. The second-order valence-corrected chi connectivity index (χ2v) is 17.6. The minimum Gasteiger partial charge on any atom is -0.394 e. The maximum atomic E-state index is 13.0. The Balaban J connectivity index is 2.38. The van der Waals surface area contributed by atoms with Crippen molar-refractivity contribution in [3.8, 4) is 0 Å². The largest absolute Gasteiger partial charge is 0.394 e. The van der Waals surface area contributed by atoms with Gasteiger partial charge < -0.3 is 40.3 Å². The van der Waals surface area contributed by atoms with Crippen molar-refractivity contribution in [1.82, 2.24) is 5.32 Å². The van der Waals surface area contributed by atoms with E-state index in [1.807, 2.05) is 18.2 Å². The molecule has 372 valence electrons. The van der Waals surface area contributed by atoms with Gasteiger partial charge in [0.2, 0.25) is 5.91 Å². The first-order chi connectivity index (χ1) is 31.8. The molecule has 0 aromatic heterocycles. The monoisotopic (exact) mass is 910 g/mol. The molecule has 1 aliphatic rings. The Morgan fingerprint density at radius 1 is 0.538 bits per heavy atom. The molecule has 1 rings (SSSR count). The fourth-order valence-electron chi connectivity index (χ4n) is 7.55. The Hall–Kier alpha value is -2.89. The molecular weight excluding hydrogens is 815 g/mol. The van der Waals surface area contributed by atoms with Gasteiger partial charge in [-0.15, -0.1) is 0 Å². The molecule has 0 saturated carbocycles. The number of rotatable bonds is 42. The molecule has 0 aromatic carbocycles. The molecule has 1 heterocycles. The number of ether oxygens (including phenoxy) is 2. The van der Waals surface area contributed by atoms with Crippen LogP contribution in [0, 0.1) is 0 Å². The lowest BCUT2D eigenvalue weighted by atomic mass is 9.99. The van der Waals surface area contributed by atoms with Gasteiger partial charge in [-0.2, -0.15) is 0 Å². The van der Waals surface area contributed by atoms with E-state index >= 15 is 0 Å².